The Kier molecular flexibility index (Phi) is 4.07. The lowest BCUT2D eigenvalue weighted by Crippen LogP contribution is -2.49. The van der Waals surface area contributed by atoms with Gasteiger partial charge in [-0.05, 0) is 50.3 Å². The fraction of sp³-hybridized carbons (Fsp3) is 0.588. The van der Waals surface area contributed by atoms with Gasteiger partial charge in [-0.25, -0.2) is 0 Å². The first-order valence-electron chi connectivity index (χ1n) is 7.33. The monoisotopic (exact) mass is 275 g/mol. The van der Waals surface area contributed by atoms with Gasteiger partial charge in [-0.15, -0.1) is 0 Å². The molecule has 0 N–H and O–H groups in total. The summed E-state index contributed by atoms with van der Waals surface area (Å²) in [4.78, 5) is 13.3. The van der Waals surface area contributed by atoms with E-state index in [1.54, 1.807) is 0 Å². The lowest BCUT2D eigenvalue weighted by Gasteiger charge is -2.47. The topological polar surface area (TPSA) is 29.5 Å². The molecule has 0 radical (unpaired) electrons. The van der Waals surface area contributed by atoms with Crippen LogP contribution in [0.3, 0.4) is 0 Å². The van der Waals surface area contributed by atoms with Crippen molar-refractivity contribution in [3.63, 3.8) is 0 Å². The Balaban J connectivity index is 2.30. The van der Waals surface area contributed by atoms with Crippen LogP contribution in [-0.4, -0.2) is 24.7 Å². The number of fused-ring (bicyclic) bond motifs is 1. The Morgan fingerprint density at radius 3 is 2.80 bits per heavy atom. The number of esters is 1. The van der Waals surface area contributed by atoms with Crippen LogP contribution in [-0.2, 0) is 9.53 Å². The van der Waals surface area contributed by atoms with Crippen LogP contribution in [0.5, 0.6) is 0 Å². The minimum atomic E-state index is -0.211. The van der Waals surface area contributed by atoms with Gasteiger partial charge in [0, 0.05) is 18.2 Å². The summed E-state index contributed by atoms with van der Waals surface area (Å²) in [7, 11) is 0. The molecule has 2 rings (SSSR count). The average Bonchev–Trinajstić information content (AvgIpc) is 2.31. The van der Waals surface area contributed by atoms with Gasteiger partial charge in [0.05, 0.1) is 6.54 Å². The fourth-order valence-electron chi connectivity index (χ4n) is 3.30. The molecule has 1 aromatic rings. The summed E-state index contributed by atoms with van der Waals surface area (Å²) in [6.07, 6.45) is 1.11. The van der Waals surface area contributed by atoms with E-state index in [1.807, 2.05) is 0 Å². The second-order valence-electron chi connectivity index (χ2n) is 6.47. The minimum absolute atomic E-state index is 0.0837. The Hall–Kier alpha value is -1.51. The van der Waals surface area contributed by atoms with Crippen LogP contribution < -0.4 is 4.90 Å². The summed E-state index contributed by atoms with van der Waals surface area (Å²) in [6.45, 7) is 11.6. The van der Waals surface area contributed by atoms with Crippen molar-refractivity contribution in [2.75, 3.05) is 18.1 Å². The molecule has 110 valence electrons. The number of hydrogen-bond acceptors (Lipinski definition) is 3. The molecule has 1 aliphatic rings. The number of ether oxygens (including phenoxy) is 1. The molecule has 3 nitrogen and oxygen atoms in total. The standard InChI is InChI=1S/C17H25NO2/c1-12-6-7-15-13(2)11-17(4,5)18(16(15)10-12)8-9-20-14(3)19/h6-7,10,13H,8-9,11H2,1-5H3. The molecule has 1 atom stereocenters. The highest BCUT2D eigenvalue weighted by molar-refractivity contribution is 5.66. The Bertz CT molecular complexity index is 508. The minimum Gasteiger partial charge on any atom is -0.464 e. The molecule has 1 aliphatic heterocycles. The molecule has 0 bridgehead atoms. The highest BCUT2D eigenvalue weighted by Gasteiger charge is 2.36. The van der Waals surface area contributed by atoms with E-state index >= 15 is 0 Å². The number of nitrogens with zero attached hydrogens (tertiary/aromatic N) is 1. The van der Waals surface area contributed by atoms with Crippen molar-refractivity contribution < 1.29 is 9.53 Å². The number of hydrogen-bond donors (Lipinski definition) is 0. The van der Waals surface area contributed by atoms with E-state index in [9.17, 15) is 4.79 Å². The third-order valence-electron chi connectivity index (χ3n) is 4.16. The first kappa shape index (κ1) is 14.9. The van der Waals surface area contributed by atoms with Crippen LogP contribution in [0.4, 0.5) is 5.69 Å². The Labute approximate surface area is 121 Å². The third kappa shape index (κ3) is 2.97. The van der Waals surface area contributed by atoms with Gasteiger partial charge < -0.3 is 9.64 Å². The van der Waals surface area contributed by atoms with Gasteiger partial charge in [0.1, 0.15) is 6.61 Å². The van der Waals surface area contributed by atoms with E-state index in [0.29, 0.717) is 12.5 Å². The molecule has 1 aromatic carbocycles. The molecule has 0 amide bonds. The summed E-state index contributed by atoms with van der Waals surface area (Å²) in [5.41, 5.74) is 4.05. The van der Waals surface area contributed by atoms with Crippen molar-refractivity contribution in [3.05, 3.63) is 29.3 Å². The number of carbonyl (C=O) groups excluding carboxylic acids is 1. The maximum absolute atomic E-state index is 11.0. The predicted octanol–water partition coefficient (Wildman–Crippen LogP) is 3.65. The first-order valence-corrected chi connectivity index (χ1v) is 7.33. The molecule has 1 heterocycles. The lowest BCUT2D eigenvalue weighted by molar-refractivity contribution is -0.140. The van der Waals surface area contributed by atoms with Crippen LogP contribution in [0.15, 0.2) is 18.2 Å². The van der Waals surface area contributed by atoms with Crippen LogP contribution in [0.2, 0.25) is 0 Å². The van der Waals surface area contributed by atoms with Gasteiger partial charge in [-0.3, -0.25) is 4.79 Å². The zero-order valence-electron chi connectivity index (χ0n) is 13.2. The summed E-state index contributed by atoms with van der Waals surface area (Å²) in [6, 6.07) is 6.67. The highest BCUT2D eigenvalue weighted by Crippen LogP contribution is 2.43. The maximum atomic E-state index is 11.0. The molecule has 1 unspecified atom stereocenters. The number of anilines is 1. The van der Waals surface area contributed by atoms with Gasteiger partial charge in [-0.1, -0.05) is 19.1 Å². The summed E-state index contributed by atoms with van der Waals surface area (Å²) < 4.78 is 5.13. The van der Waals surface area contributed by atoms with Gasteiger partial charge in [0.2, 0.25) is 0 Å². The van der Waals surface area contributed by atoms with Crippen LogP contribution >= 0.6 is 0 Å². The molecule has 0 fully saturated rings. The summed E-state index contributed by atoms with van der Waals surface area (Å²) in [5, 5.41) is 0. The van der Waals surface area contributed by atoms with Crippen molar-refractivity contribution >= 4 is 11.7 Å². The van der Waals surface area contributed by atoms with Crippen molar-refractivity contribution in [2.24, 2.45) is 0 Å². The molecule has 0 saturated heterocycles. The number of rotatable bonds is 3. The smallest absolute Gasteiger partial charge is 0.302 e. The van der Waals surface area contributed by atoms with Crippen molar-refractivity contribution in [2.45, 2.75) is 52.5 Å². The third-order valence-corrected chi connectivity index (χ3v) is 4.16. The van der Waals surface area contributed by atoms with Gasteiger partial charge in [0.25, 0.3) is 0 Å². The SMILES string of the molecule is CC(=O)OCCN1c2cc(C)ccc2C(C)CC1(C)C. The maximum Gasteiger partial charge on any atom is 0.302 e. The van der Waals surface area contributed by atoms with Crippen molar-refractivity contribution in [1.82, 2.24) is 0 Å². The van der Waals surface area contributed by atoms with Crippen LogP contribution in [0, 0.1) is 6.92 Å². The molecule has 20 heavy (non-hydrogen) atoms. The fourth-order valence-corrected chi connectivity index (χ4v) is 3.30. The van der Waals surface area contributed by atoms with E-state index in [2.05, 4.69) is 50.8 Å². The molecular weight excluding hydrogens is 250 g/mol. The average molecular weight is 275 g/mol. The van der Waals surface area contributed by atoms with E-state index in [1.165, 1.54) is 23.7 Å². The molecular formula is C17H25NO2. The zero-order chi connectivity index (χ0) is 14.9. The Morgan fingerprint density at radius 2 is 2.15 bits per heavy atom. The van der Waals surface area contributed by atoms with E-state index in [4.69, 9.17) is 4.74 Å². The van der Waals surface area contributed by atoms with Crippen LogP contribution in [0.1, 0.15) is 51.2 Å². The Morgan fingerprint density at radius 1 is 1.45 bits per heavy atom. The second kappa shape index (κ2) is 5.47. The predicted molar refractivity (Wildman–Crippen MR) is 82.3 cm³/mol. The zero-order valence-corrected chi connectivity index (χ0v) is 13.2. The first-order chi connectivity index (χ1) is 9.31. The number of aryl methyl sites for hydroxylation is 1. The van der Waals surface area contributed by atoms with Crippen LogP contribution in [0.25, 0.3) is 0 Å². The van der Waals surface area contributed by atoms with E-state index < -0.39 is 0 Å². The molecule has 0 spiro atoms. The molecule has 0 aromatic heterocycles. The summed E-state index contributed by atoms with van der Waals surface area (Å²) >= 11 is 0. The largest absolute Gasteiger partial charge is 0.464 e. The van der Waals surface area contributed by atoms with Crippen molar-refractivity contribution in [3.8, 4) is 0 Å². The van der Waals surface area contributed by atoms with E-state index in [0.717, 1.165) is 13.0 Å². The van der Waals surface area contributed by atoms with Gasteiger partial charge in [-0.2, -0.15) is 0 Å². The molecule has 0 aliphatic carbocycles. The lowest BCUT2D eigenvalue weighted by atomic mass is 9.80. The molecule has 0 saturated carbocycles. The second-order valence-corrected chi connectivity index (χ2v) is 6.47. The van der Waals surface area contributed by atoms with Gasteiger partial charge >= 0.3 is 5.97 Å². The normalized spacial score (nSPS) is 20.4. The van der Waals surface area contributed by atoms with Crippen molar-refractivity contribution in [1.29, 1.82) is 0 Å². The number of carbonyl (C=O) groups is 1. The summed E-state index contributed by atoms with van der Waals surface area (Å²) in [5.74, 6) is 0.350. The number of benzene rings is 1. The molecule has 3 heteroatoms. The van der Waals surface area contributed by atoms with E-state index in [-0.39, 0.29) is 11.5 Å². The van der Waals surface area contributed by atoms with Gasteiger partial charge in [0.15, 0.2) is 0 Å². The highest BCUT2D eigenvalue weighted by atomic mass is 16.5. The quantitative estimate of drug-likeness (QED) is 0.789.